The Balaban J connectivity index is 3.13. The third-order valence-corrected chi connectivity index (χ3v) is 3.14. The Morgan fingerprint density at radius 2 is 1.43 bits per heavy atom. The summed E-state index contributed by atoms with van der Waals surface area (Å²) in [6.07, 6.45) is 7.85. The smallest absolute Gasteiger partial charge is 0.0845 e. The van der Waals surface area contributed by atoms with Crippen LogP contribution in [0.2, 0.25) is 0 Å². The highest BCUT2D eigenvalue weighted by atomic mass is 35.5. The first-order valence-electron chi connectivity index (χ1n) is 5.84. The Labute approximate surface area is 94.8 Å². The van der Waals surface area contributed by atoms with Crippen LogP contribution in [0.25, 0.3) is 0 Å². The molecule has 0 aliphatic rings. The lowest BCUT2D eigenvalue weighted by Gasteiger charge is -2.16. The zero-order valence-electron chi connectivity index (χ0n) is 10.2. The van der Waals surface area contributed by atoms with Gasteiger partial charge in [0.05, 0.1) is 5.50 Å². The molecule has 0 bridgehead atoms. The number of rotatable bonds is 8. The number of unbranched alkanes of at least 4 members (excludes halogenated alkanes) is 3. The Kier molecular flexibility index (Phi) is 8.70. The van der Waals surface area contributed by atoms with Gasteiger partial charge in [-0.1, -0.05) is 46.0 Å². The molecule has 0 saturated carbocycles. The Morgan fingerprint density at radius 1 is 0.929 bits per heavy atom. The predicted octanol–water partition coefficient (Wildman–Crippen LogP) is 4.11. The Hall–Kier alpha value is 0.250. The van der Waals surface area contributed by atoms with E-state index in [4.69, 9.17) is 11.6 Å². The lowest BCUT2D eigenvalue weighted by Crippen LogP contribution is -2.21. The van der Waals surface area contributed by atoms with Gasteiger partial charge in [-0.15, -0.1) is 11.6 Å². The van der Waals surface area contributed by atoms with Gasteiger partial charge in [-0.25, -0.2) is 0 Å². The zero-order chi connectivity index (χ0) is 11.0. The Morgan fingerprint density at radius 3 is 1.86 bits per heavy atom. The summed E-state index contributed by atoms with van der Waals surface area (Å²) >= 11 is 6.10. The highest BCUT2D eigenvalue weighted by molar-refractivity contribution is 6.20. The van der Waals surface area contributed by atoms with E-state index in [9.17, 15) is 0 Å². The summed E-state index contributed by atoms with van der Waals surface area (Å²) in [7, 11) is 4.08. The van der Waals surface area contributed by atoms with Crippen LogP contribution < -0.4 is 0 Å². The molecule has 0 fully saturated rings. The number of nitrogens with zero attached hydrogens (tertiary/aromatic N) is 1. The van der Waals surface area contributed by atoms with E-state index in [0.29, 0.717) is 0 Å². The lowest BCUT2D eigenvalue weighted by atomic mass is 10.0. The van der Waals surface area contributed by atoms with Gasteiger partial charge in [0, 0.05) is 0 Å². The van der Waals surface area contributed by atoms with Crippen molar-refractivity contribution in [1.82, 2.24) is 4.90 Å². The molecule has 0 aromatic heterocycles. The van der Waals surface area contributed by atoms with Crippen molar-refractivity contribution in [3.63, 3.8) is 0 Å². The summed E-state index contributed by atoms with van der Waals surface area (Å²) in [5, 5.41) is 0. The quantitative estimate of drug-likeness (QED) is 0.338. The fraction of sp³-hybridized carbons (Fsp3) is 1.00. The average Bonchev–Trinajstić information content (AvgIpc) is 2.09. The SMILES string of the molecule is CC(C)CCCCCCC(Cl)N(C)C. The molecule has 0 amide bonds. The number of halogens is 1. The van der Waals surface area contributed by atoms with Crippen molar-refractivity contribution in [2.45, 2.75) is 57.9 Å². The van der Waals surface area contributed by atoms with E-state index in [1.54, 1.807) is 0 Å². The van der Waals surface area contributed by atoms with Gasteiger partial charge < -0.3 is 0 Å². The van der Waals surface area contributed by atoms with Crippen LogP contribution in [0.15, 0.2) is 0 Å². The van der Waals surface area contributed by atoms with E-state index in [2.05, 4.69) is 18.7 Å². The second-order valence-electron chi connectivity index (χ2n) is 4.78. The zero-order valence-corrected chi connectivity index (χ0v) is 11.0. The van der Waals surface area contributed by atoms with Crippen LogP contribution >= 0.6 is 11.6 Å². The van der Waals surface area contributed by atoms with Crippen LogP contribution in [-0.2, 0) is 0 Å². The Bertz CT molecular complexity index is 123. The molecule has 0 rings (SSSR count). The third-order valence-electron chi connectivity index (χ3n) is 2.53. The van der Waals surface area contributed by atoms with E-state index in [0.717, 1.165) is 12.3 Å². The minimum absolute atomic E-state index is 0.222. The van der Waals surface area contributed by atoms with Crippen molar-refractivity contribution >= 4 is 11.6 Å². The van der Waals surface area contributed by atoms with Gasteiger partial charge in [-0.2, -0.15) is 0 Å². The van der Waals surface area contributed by atoms with Crippen molar-refractivity contribution < 1.29 is 0 Å². The van der Waals surface area contributed by atoms with E-state index in [-0.39, 0.29) is 5.50 Å². The fourth-order valence-corrected chi connectivity index (χ4v) is 1.63. The molecule has 1 unspecified atom stereocenters. The summed E-state index contributed by atoms with van der Waals surface area (Å²) < 4.78 is 0. The molecule has 86 valence electrons. The second kappa shape index (κ2) is 8.55. The van der Waals surface area contributed by atoms with Crippen LogP contribution in [0.1, 0.15) is 52.4 Å². The van der Waals surface area contributed by atoms with Gasteiger partial charge in [0.2, 0.25) is 0 Å². The molecule has 0 aliphatic carbocycles. The summed E-state index contributed by atoms with van der Waals surface area (Å²) in [4.78, 5) is 2.08. The van der Waals surface area contributed by atoms with E-state index in [1.165, 1.54) is 32.1 Å². The molecular formula is C12H26ClN. The fourth-order valence-electron chi connectivity index (χ4n) is 1.48. The molecule has 0 aliphatic heterocycles. The maximum Gasteiger partial charge on any atom is 0.0845 e. The van der Waals surface area contributed by atoms with E-state index < -0.39 is 0 Å². The minimum Gasteiger partial charge on any atom is -0.294 e. The van der Waals surface area contributed by atoms with Crippen LogP contribution in [0.3, 0.4) is 0 Å². The number of hydrogen-bond donors (Lipinski definition) is 0. The van der Waals surface area contributed by atoms with Crippen molar-refractivity contribution in [3.8, 4) is 0 Å². The molecule has 0 saturated heterocycles. The third kappa shape index (κ3) is 8.83. The number of hydrogen-bond acceptors (Lipinski definition) is 1. The second-order valence-corrected chi connectivity index (χ2v) is 5.29. The lowest BCUT2D eigenvalue weighted by molar-refractivity contribution is 0.350. The highest BCUT2D eigenvalue weighted by Gasteiger charge is 2.05. The molecule has 0 aromatic rings. The molecule has 0 heterocycles. The molecular weight excluding hydrogens is 194 g/mol. The summed E-state index contributed by atoms with van der Waals surface area (Å²) in [5.41, 5.74) is 0.222. The van der Waals surface area contributed by atoms with Crippen LogP contribution in [-0.4, -0.2) is 24.5 Å². The first-order chi connectivity index (χ1) is 6.54. The van der Waals surface area contributed by atoms with Gasteiger partial charge in [0.25, 0.3) is 0 Å². The predicted molar refractivity (Wildman–Crippen MR) is 65.9 cm³/mol. The highest BCUT2D eigenvalue weighted by Crippen LogP contribution is 2.14. The van der Waals surface area contributed by atoms with Gasteiger partial charge in [-0.3, -0.25) is 4.90 Å². The average molecular weight is 220 g/mol. The summed E-state index contributed by atoms with van der Waals surface area (Å²) in [5.74, 6) is 0.859. The molecule has 14 heavy (non-hydrogen) atoms. The van der Waals surface area contributed by atoms with Crippen molar-refractivity contribution in [3.05, 3.63) is 0 Å². The minimum atomic E-state index is 0.222. The standard InChI is InChI=1S/C12H26ClN/c1-11(2)9-7-5-6-8-10-12(13)14(3)4/h11-12H,5-10H2,1-4H3. The topological polar surface area (TPSA) is 3.24 Å². The molecule has 2 heteroatoms. The number of alkyl halides is 1. The maximum atomic E-state index is 6.10. The molecule has 0 spiro atoms. The van der Waals surface area contributed by atoms with E-state index in [1.807, 2.05) is 14.1 Å². The van der Waals surface area contributed by atoms with Crippen LogP contribution in [0.4, 0.5) is 0 Å². The molecule has 1 atom stereocenters. The monoisotopic (exact) mass is 219 g/mol. The summed E-state index contributed by atoms with van der Waals surface area (Å²) in [6, 6.07) is 0. The molecule has 0 aromatic carbocycles. The first-order valence-corrected chi connectivity index (χ1v) is 6.28. The van der Waals surface area contributed by atoms with Crippen LogP contribution in [0, 0.1) is 5.92 Å². The van der Waals surface area contributed by atoms with E-state index >= 15 is 0 Å². The van der Waals surface area contributed by atoms with Gasteiger partial charge in [0.1, 0.15) is 0 Å². The van der Waals surface area contributed by atoms with Crippen molar-refractivity contribution in [2.75, 3.05) is 14.1 Å². The van der Waals surface area contributed by atoms with Crippen LogP contribution in [0.5, 0.6) is 0 Å². The van der Waals surface area contributed by atoms with Crippen molar-refractivity contribution in [2.24, 2.45) is 5.92 Å². The molecule has 0 radical (unpaired) electrons. The normalized spacial score (nSPS) is 13.9. The van der Waals surface area contributed by atoms with Gasteiger partial charge >= 0.3 is 0 Å². The maximum absolute atomic E-state index is 6.10. The van der Waals surface area contributed by atoms with Gasteiger partial charge in [0.15, 0.2) is 0 Å². The first kappa shape index (κ1) is 14.2. The van der Waals surface area contributed by atoms with Gasteiger partial charge in [-0.05, 0) is 26.4 Å². The molecule has 0 N–H and O–H groups in total. The summed E-state index contributed by atoms with van der Waals surface area (Å²) in [6.45, 7) is 4.58. The molecule has 1 nitrogen and oxygen atoms in total. The van der Waals surface area contributed by atoms with Crippen molar-refractivity contribution in [1.29, 1.82) is 0 Å². The largest absolute Gasteiger partial charge is 0.294 e.